The molecule has 1 aliphatic heterocycles. The van der Waals surface area contributed by atoms with E-state index in [0.717, 1.165) is 0 Å². The minimum atomic E-state index is -4.89. The molecule has 0 aliphatic carbocycles. The first kappa shape index (κ1) is 30.1. The Hall–Kier alpha value is -3.85. The fourth-order valence-corrected chi connectivity index (χ4v) is 5.04. The van der Waals surface area contributed by atoms with Crippen LogP contribution in [0.1, 0.15) is 6.23 Å². The van der Waals surface area contributed by atoms with Gasteiger partial charge in [0.05, 0.1) is 27.0 Å². The largest absolute Gasteiger partial charge is 0.587 e. The van der Waals surface area contributed by atoms with E-state index in [1.165, 1.54) is 62.8 Å². The first-order valence-corrected chi connectivity index (χ1v) is 13.1. The molecule has 0 unspecified atom stereocenters. The van der Waals surface area contributed by atoms with Crippen LogP contribution in [-0.4, -0.2) is 59.8 Å². The minimum absolute atomic E-state index is 0.0992. The summed E-state index contributed by atoms with van der Waals surface area (Å²) in [5, 5.41) is 10.5. The van der Waals surface area contributed by atoms with Gasteiger partial charge in [0.1, 0.15) is 29.1 Å². The molecule has 1 saturated heterocycles. The Morgan fingerprint density at radius 3 is 2.00 bits per heavy atom. The number of ether oxygens (including phenoxy) is 3. The number of methoxy groups -OCH3 is 2. The average molecular weight is 605 g/mol. The van der Waals surface area contributed by atoms with Crippen molar-refractivity contribution in [3.8, 4) is 23.0 Å². The Morgan fingerprint density at radius 2 is 1.54 bits per heavy atom. The smallest absolute Gasteiger partial charge is 0.497 e. The van der Waals surface area contributed by atoms with Gasteiger partial charge in [0.2, 0.25) is 0 Å². The highest BCUT2D eigenvalue weighted by Crippen LogP contribution is 2.52. The van der Waals surface area contributed by atoms with E-state index in [2.05, 4.69) is 4.98 Å². The van der Waals surface area contributed by atoms with Crippen LogP contribution in [0, 0.1) is 5.82 Å². The molecule has 3 aromatic rings. The van der Waals surface area contributed by atoms with Crippen LogP contribution in [0.25, 0.3) is 0 Å². The van der Waals surface area contributed by atoms with Crippen LogP contribution in [0.4, 0.5) is 23.4 Å². The molecule has 41 heavy (non-hydrogen) atoms. The van der Waals surface area contributed by atoms with Crippen LogP contribution in [0.3, 0.4) is 0 Å². The molecule has 17 heteroatoms. The summed E-state index contributed by atoms with van der Waals surface area (Å²) in [4.78, 5) is 15.3. The molecule has 2 aromatic carbocycles. The highest BCUT2D eigenvalue weighted by atomic mass is 31.2. The van der Waals surface area contributed by atoms with Crippen LogP contribution < -0.4 is 29.9 Å². The van der Waals surface area contributed by atoms with Gasteiger partial charge in [-0.1, -0.05) is 0 Å². The molecule has 1 aromatic heterocycles. The number of aliphatic hydroxyl groups is 1. The molecular formula is C24H24F4N3O9P. The predicted octanol–water partition coefficient (Wildman–Crippen LogP) is 3.50. The van der Waals surface area contributed by atoms with Gasteiger partial charge in [-0.2, -0.15) is 4.98 Å². The van der Waals surface area contributed by atoms with Crippen molar-refractivity contribution in [2.24, 2.45) is 0 Å². The van der Waals surface area contributed by atoms with Crippen molar-refractivity contribution < 1.29 is 55.0 Å². The van der Waals surface area contributed by atoms with Gasteiger partial charge in [0.15, 0.2) is 29.6 Å². The molecule has 0 radical (unpaired) electrons. The summed E-state index contributed by atoms with van der Waals surface area (Å²) in [7, 11) is -2.08. The molecule has 4 atom stereocenters. The van der Waals surface area contributed by atoms with Crippen LogP contribution in [-0.2, 0) is 13.8 Å². The zero-order valence-corrected chi connectivity index (χ0v) is 22.3. The summed E-state index contributed by atoms with van der Waals surface area (Å²) in [6.07, 6.45) is -10.9. The maximum Gasteiger partial charge on any atom is 0.587 e. The van der Waals surface area contributed by atoms with Gasteiger partial charge in [-0.05, 0) is 48.5 Å². The Kier molecular flexibility index (Phi) is 8.77. The minimum Gasteiger partial charge on any atom is -0.497 e. The maximum absolute atomic E-state index is 15.1. The van der Waals surface area contributed by atoms with Crippen LogP contribution in [0.15, 0.2) is 59.5 Å². The number of phosphoric acid groups is 1. The summed E-state index contributed by atoms with van der Waals surface area (Å²) in [6.45, 7) is -1.47. The lowest BCUT2D eigenvalue weighted by Gasteiger charge is -2.31. The normalized spacial score (nSPS) is 22.5. The van der Waals surface area contributed by atoms with Gasteiger partial charge in [-0.15, -0.1) is 0 Å². The van der Waals surface area contributed by atoms with Crippen molar-refractivity contribution >= 4 is 13.6 Å². The van der Waals surface area contributed by atoms with Gasteiger partial charge in [0, 0.05) is 0 Å². The quantitative estimate of drug-likeness (QED) is 0.244. The molecule has 0 saturated carbocycles. The third kappa shape index (κ3) is 6.25. The molecule has 1 fully saturated rings. The first-order chi connectivity index (χ1) is 19.4. The van der Waals surface area contributed by atoms with Crippen molar-refractivity contribution in [1.29, 1.82) is 0 Å². The molecule has 4 rings (SSSR count). The SMILES string of the molecule is COc1ccc(OP(=O)(OC[C@@]2(C(F)F)O[C@@H](n3cc(F)c(N)nc3=O)[C@@H](F)[C@@H]2O)Oc2ccc(OC)cc2)cc1. The van der Waals surface area contributed by atoms with Crippen molar-refractivity contribution in [1.82, 2.24) is 9.55 Å². The molecule has 3 N–H and O–H groups in total. The van der Waals surface area contributed by atoms with Gasteiger partial charge in [-0.3, -0.25) is 9.09 Å². The fraction of sp³-hybridized carbons (Fsp3) is 0.333. The lowest BCUT2D eigenvalue weighted by molar-refractivity contribution is -0.193. The van der Waals surface area contributed by atoms with E-state index >= 15 is 4.39 Å². The highest BCUT2D eigenvalue weighted by molar-refractivity contribution is 7.49. The lowest BCUT2D eigenvalue weighted by atomic mass is 9.97. The van der Waals surface area contributed by atoms with Gasteiger partial charge >= 0.3 is 13.5 Å². The molecule has 0 amide bonds. The third-order valence-corrected chi connectivity index (χ3v) is 7.31. The first-order valence-electron chi connectivity index (χ1n) is 11.7. The van der Waals surface area contributed by atoms with E-state index in [1.54, 1.807) is 0 Å². The second kappa shape index (κ2) is 11.9. The van der Waals surface area contributed by atoms with Gasteiger partial charge < -0.3 is 34.1 Å². The number of anilines is 1. The van der Waals surface area contributed by atoms with Crippen molar-refractivity contribution in [3.63, 3.8) is 0 Å². The van der Waals surface area contributed by atoms with Crippen molar-refractivity contribution in [2.75, 3.05) is 26.6 Å². The molecule has 12 nitrogen and oxygen atoms in total. The van der Waals surface area contributed by atoms with Gasteiger partial charge in [-0.25, -0.2) is 26.9 Å². The van der Waals surface area contributed by atoms with Crippen molar-refractivity contribution in [3.05, 3.63) is 71.0 Å². The number of rotatable bonds is 11. The number of hydrogen-bond acceptors (Lipinski definition) is 11. The number of aliphatic hydroxyl groups excluding tert-OH is 1. The summed E-state index contributed by atoms with van der Waals surface area (Å²) < 4.78 is 103. The van der Waals surface area contributed by atoms with E-state index in [1.807, 2.05) is 0 Å². The molecule has 2 heterocycles. The highest BCUT2D eigenvalue weighted by Gasteiger charge is 2.62. The zero-order chi connectivity index (χ0) is 29.9. The number of hydrogen-bond donors (Lipinski definition) is 2. The zero-order valence-electron chi connectivity index (χ0n) is 21.4. The Balaban J connectivity index is 1.65. The summed E-state index contributed by atoms with van der Waals surface area (Å²) in [5.74, 6) is -1.48. The van der Waals surface area contributed by atoms with Crippen molar-refractivity contribution in [2.45, 2.75) is 30.5 Å². The number of nitrogens with zero attached hydrogens (tertiary/aromatic N) is 2. The predicted molar refractivity (Wildman–Crippen MR) is 133 cm³/mol. The van der Waals surface area contributed by atoms with E-state index < -0.39 is 62.3 Å². The van der Waals surface area contributed by atoms with E-state index in [0.29, 0.717) is 17.7 Å². The lowest BCUT2D eigenvalue weighted by Crippen LogP contribution is -2.52. The number of nitrogen functional groups attached to an aromatic ring is 1. The van der Waals surface area contributed by atoms with Crippen LogP contribution in [0.2, 0.25) is 0 Å². The number of nitrogens with two attached hydrogens (primary N) is 1. The van der Waals surface area contributed by atoms with Gasteiger partial charge in [0.25, 0.3) is 6.43 Å². The Labute approximate surface area is 229 Å². The molecule has 1 aliphatic rings. The molecular weight excluding hydrogens is 581 g/mol. The topological polar surface area (TPSA) is 154 Å². The van der Waals surface area contributed by atoms with E-state index in [4.69, 9.17) is 33.5 Å². The van der Waals surface area contributed by atoms with E-state index in [-0.39, 0.29) is 16.1 Å². The molecule has 0 bridgehead atoms. The Morgan fingerprint density at radius 1 is 1.05 bits per heavy atom. The standard InChI is InChI=1S/C24H24F4N3O9P/c1-35-13-3-7-15(8-4-13)39-41(34,40-16-9-5-14(36-2)6-10-16)37-12-24(22(27)28)19(32)18(26)21(38-24)31-11-17(25)20(29)30-23(31)33/h3-11,18-19,21-22,32H,12H2,1-2H3,(H2,29,30,33)/t18-,19-,21+,24+/m0/s1. The summed E-state index contributed by atoms with van der Waals surface area (Å²) in [5.41, 5.74) is 0.650. The summed E-state index contributed by atoms with van der Waals surface area (Å²) in [6, 6.07) is 11.0. The van der Waals surface area contributed by atoms with Crippen LogP contribution >= 0.6 is 7.82 Å². The maximum atomic E-state index is 15.1. The number of aromatic nitrogens is 2. The van der Waals surface area contributed by atoms with Crippen LogP contribution in [0.5, 0.6) is 23.0 Å². The van der Waals surface area contributed by atoms with E-state index in [9.17, 15) is 27.6 Å². The number of benzene rings is 2. The molecule has 0 spiro atoms. The average Bonchev–Trinajstić information content (AvgIpc) is 3.21. The monoisotopic (exact) mass is 605 g/mol. The number of phosphoric ester groups is 1. The second-order valence-corrected chi connectivity index (χ2v) is 10.1. The third-order valence-electron chi connectivity index (χ3n) is 5.99. The summed E-state index contributed by atoms with van der Waals surface area (Å²) >= 11 is 0. The number of halogens is 4. The second-order valence-electron chi connectivity index (χ2n) is 8.57. The fourth-order valence-electron chi connectivity index (χ4n) is 3.78. The Bertz CT molecular complexity index is 1410. The molecule has 222 valence electrons. The number of alkyl halides is 3.